The van der Waals surface area contributed by atoms with E-state index in [2.05, 4.69) is 4.74 Å². The predicted molar refractivity (Wildman–Crippen MR) is 54.4 cm³/mol. The number of Topliss-reactive ketones (excluding diaryl/α,β-unsaturated/α-hetero) is 1. The molecule has 0 N–H and O–H groups in total. The molecule has 0 radical (unpaired) electrons. The van der Waals surface area contributed by atoms with Crippen LogP contribution in [0.4, 0.5) is 0 Å². The predicted octanol–water partition coefficient (Wildman–Crippen LogP) is 0.758. The highest BCUT2D eigenvalue weighted by molar-refractivity contribution is 7.11. The lowest BCUT2D eigenvalue weighted by Gasteiger charge is -1.99. The fraction of sp³-hybridized carbons (Fsp3) is 0.100. The smallest absolute Gasteiger partial charge is 0.385 e. The monoisotopic (exact) mass is 238 g/mol. The highest BCUT2D eigenvalue weighted by Gasteiger charge is 2.40. The van der Waals surface area contributed by atoms with E-state index in [-0.39, 0.29) is 11.3 Å². The average molecular weight is 238 g/mol. The molecule has 0 aromatic carbocycles. The molecule has 2 heterocycles. The van der Waals surface area contributed by atoms with Crippen molar-refractivity contribution in [2.24, 2.45) is 0 Å². The first-order valence-electron chi connectivity index (χ1n) is 4.28. The molecule has 1 aromatic heterocycles. The van der Waals surface area contributed by atoms with E-state index in [4.69, 9.17) is 4.74 Å². The van der Waals surface area contributed by atoms with Gasteiger partial charge in [0.2, 0.25) is 0 Å². The lowest BCUT2D eigenvalue weighted by atomic mass is 10.1. The zero-order valence-corrected chi connectivity index (χ0v) is 9.00. The van der Waals surface area contributed by atoms with E-state index < -0.39 is 17.7 Å². The molecule has 16 heavy (non-hydrogen) atoms. The summed E-state index contributed by atoms with van der Waals surface area (Å²) in [7, 11) is 1.14. The van der Waals surface area contributed by atoms with E-state index in [1.807, 2.05) is 0 Å². The molecule has 0 saturated carbocycles. The standard InChI is InChI=1S/C10H6O5S/c1-14-9(12)6-7(11)10(13)15-8(6)5-3-2-4-16-5/h2-4H,1H3. The fourth-order valence-electron chi connectivity index (χ4n) is 1.26. The third-order valence-corrected chi connectivity index (χ3v) is 2.84. The van der Waals surface area contributed by atoms with Crippen LogP contribution in [0.2, 0.25) is 0 Å². The molecule has 0 atom stereocenters. The van der Waals surface area contributed by atoms with Gasteiger partial charge in [0.1, 0.15) is 0 Å². The van der Waals surface area contributed by atoms with Crippen LogP contribution in [0.3, 0.4) is 0 Å². The molecule has 5 nitrogen and oxygen atoms in total. The molecular formula is C10H6O5S. The van der Waals surface area contributed by atoms with Crippen molar-refractivity contribution in [1.82, 2.24) is 0 Å². The molecule has 1 aromatic rings. The van der Waals surface area contributed by atoms with Gasteiger partial charge < -0.3 is 9.47 Å². The largest absolute Gasteiger partial charge is 0.465 e. The Labute approximate surface area is 94.3 Å². The summed E-state index contributed by atoms with van der Waals surface area (Å²) in [6.45, 7) is 0. The van der Waals surface area contributed by atoms with Crippen LogP contribution in [0.5, 0.6) is 0 Å². The molecule has 0 bridgehead atoms. The normalized spacial score (nSPS) is 15.3. The van der Waals surface area contributed by atoms with Gasteiger partial charge in [-0.3, -0.25) is 4.79 Å². The van der Waals surface area contributed by atoms with Gasteiger partial charge in [-0.1, -0.05) is 6.07 Å². The minimum Gasteiger partial charge on any atom is -0.465 e. The van der Waals surface area contributed by atoms with Gasteiger partial charge in [-0.05, 0) is 11.4 Å². The molecule has 0 saturated heterocycles. The molecule has 2 rings (SSSR count). The van der Waals surface area contributed by atoms with Crippen molar-refractivity contribution in [3.8, 4) is 0 Å². The van der Waals surface area contributed by atoms with Crippen LogP contribution >= 0.6 is 11.3 Å². The number of cyclic esters (lactones) is 1. The maximum absolute atomic E-state index is 11.4. The second kappa shape index (κ2) is 3.90. The zero-order chi connectivity index (χ0) is 11.7. The molecule has 0 amide bonds. The number of ether oxygens (including phenoxy) is 2. The van der Waals surface area contributed by atoms with E-state index in [9.17, 15) is 14.4 Å². The molecule has 0 aliphatic carbocycles. The number of hydrogen-bond donors (Lipinski definition) is 0. The number of rotatable bonds is 2. The van der Waals surface area contributed by atoms with Crippen LogP contribution in [0.25, 0.3) is 5.76 Å². The van der Waals surface area contributed by atoms with E-state index in [0.29, 0.717) is 4.88 Å². The number of carbonyl (C=O) groups excluding carboxylic acids is 3. The van der Waals surface area contributed by atoms with Crippen molar-refractivity contribution in [2.45, 2.75) is 0 Å². The van der Waals surface area contributed by atoms with Crippen LogP contribution in [-0.2, 0) is 23.9 Å². The third kappa shape index (κ3) is 1.53. The summed E-state index contributed by atoms with van der Waals surface area (Å²) in [4.78, 5) is 34.4. The summed E-state index contributed by atoms with van der Waals surface area (Å²) in [6, 6.07) is 3.37. The van der Waals surface area contributed by atoms with Crippen molar-refractivity contribution >= 4 is 34.8 Å². The van der Waals surface area contributed by atoms with Crippen LogP contribution in [-0.4, -0.2) is 24.8 Å². The topological polar surface area (TPSA) is 69.7 Å². The second-order valence-corrected chi connectivity index (χ2v) is 3.84. The second-order valence-electron chi connectivity index (χ2n) is 2.89. The number of esters is 2. The Morgan fingerprint density at radius 1 is 1.44 bits per heavy atom. The molecular weight excluding hydrogens is 232 g/mol. The number of methoxy groups -OCH3 is 1. The van der Waals surface area contributed by atoms with Gasteiger partial charge in [-0.2, -0.15) is 0 Å². The number of ketones is 1. The van der Waals surface area contributed by atoms with Crippen molar-refractivity contribution in [2.75, 3.05) is 7.11 Å². The fourth-order valence-corrected chi connectivity index (χ4v) is 1.98. The SMILES string of the molecule is COC(=O)C1=C(c2cccs2)OC(=O)C1=O. The van der Waals surface area contributed by atoms with E-state index >= 15 is 0 Å². The Hall–Kier alpha value is -1.95. The minimum absolute atomic E-state index is 0.0168. The molecule has 6 heteroatoms. The van der Waals surface area contributed by atoms with Gasteiger partial charge >= 0.3 is 11.9 Å². The van der Waals surface area contributed by atoms with Gasteiger partial charge in [-0.25, -0.2) is 9.59 Å². The van der Waals surface area contributed by atoms with Gasteiger partial charge in [-0.15, -0.1) is 11.3 Å². The average Bonchev–Trinajstić information content (AvgIpc) is 2.87. The number of thiophene rings is 1. The quantitative estimate of drug-likeness (QED) is 0.432. The Bertz CT molecular complexity index is 497. The lowest BCUT2D eigenvalue weighted by Crippen LogP contribution is -2.16. The summed E-state index contributed by atoms with van der Waals surface area (Å²) >= 11 is 1.26. The summed E-state index contributed by atoms with van der Waals surface area (Å²) in [6.07, 6.45) is 0. The van der Waals surface area contributed by atoms with Crippen LogP contribution < -0.4 is 0 Å². The zero-order valence-electron chi connectivity index (χ0n) is 8.18. The molecule has 1 aliphatic rings. The maximum atomic E-state index is 11.4. The first-order chi connectivity index (χ1) is 7.65. The highest BCUT2D eigenvalue weighted by atomic mass is 32.1. The van der Waals surface area contributed by atoms with Gasteiger partial charge in [0, 0.05) is 0 Å². The van der Waals surface area contributed by atoms with Gasteiger partial charge in [0.15, 0.2) is 11.3 Å². The van der Waals surface area contributed by atoms with Crippen molar-refractivity contribution < 1.29 is 23.9 Å². The summed E-state index contributed by atoms with van der Waals surface area (Å²) in [5, 5.41) is 1.74. The van der Waals surface area contributed by atoms with Gasteiger partial charge in [0.25, 0.3) is 5.78 Å². The first-order valence-corrected chi connectivity index (χ1v) is 5.16. The third-order valence-electron chi connectivity index (χ3n) is 1.97. The highest BCUT2D eigenvalue weighted by Crippen LogP contribution is 2.30. The van der Waals surface area contributed by atoms with Crippen molar-refractivity contribution in [3.05, 3.63) is 28.0 Å². The molecule has 0 fully saturated rings. The molecule has 0 unspecified atom stereocenters. The Balaban J connectivity index is 2.53. The summed E-state index contributed by atoms with van der Waals surface area (Å²) < 4.78 is 9.19. The Morgan fingerprint density at radius 3 is 2.75 bits per heavy atom. The summed E-state index contributed by atoms with van der Waals surface area (Å²) in [5.41, 5.74) is -0.338. The van der Waals surface area contributed by atoms with Crippen molar-refractivity contribution in [3.63, 3.8) is 0 Å². The number of hydrogen-bond acceptors (Lipinski definition) is 6. The van der Waals surface area contributed by atoms with E-state index in [0.717, 1.165) is 7.11 Å². The minimum atomic E-state index is -1.05. The molecule has 82 valence electrons. The van der Waals surface area contributed by atoms with Crippen molar-refractivity contribution in [1.29, 1.82) is 0 Å². The number of carbonyl (C=O) groups is 3. The van der Waals surface area contributed by atoms with Crippen LogP contribution in [0, 0.1) is 0 Å². The lowest BCUT2D eigenvalue weighted by molar-refractivity contribution is -0.146. The molecule has 1 aliphatic heterocycles. The Kier molecular flexibility index (Phi) is 2.57. The summed E-state index contributed by atoms with van der Waals surface area (Å²) in [5.74, 6) is -2.89. The van der Waals surface area contributed by atoms with Crippen LogP contribution in [0.1, 0.15) is 4.88 Å². The van der Waals surface area contributed by atoms with E-state index in [1.165, 1.54) is 11.3 Å². The van der Waals surface area contributed by atoms with Gasteiger partial charge in [0.05, 0.1) is 12.0 Å². The van der Waals surface area contributed by atoms with E-state index in [1.54, 1.807) is 17.5 Å². The first kappa shape index (κ1) is 10.6. The Morgan fingerprint density at radius 2 is 2.19 bits per heavy atom. The maximum Gasteiger partial charge on any atom is 0.385 e. The molecule has 0 spiro atoms. The van der Waals surface area contributed by atoms with Crippen LogP contribution in [0.15, 0.2) is 23.1 Å².